The summed E-state index contributed by atoms with van der Waals surface area (Å²) in [5.74, 6) is 0.732. The van der Waals surface area contributed by atoms with Gasteiger partial charge in [-0.2, -0.15) is 0 Å². The molecule has 0 fully saturated rings. The van der Waals surface area contributed by atoms with E-state index < -0.39 is 6.04 Å². The molecule has 1 aliphatic heterocycles. The molecule has 3 aromatic carbocycles. The first-order valence-corrected chi connectivity index (χ1v) is 10.7. The summed E-state index contributed by atoms with van der Waals surface area (Å²) in [6, 6.07) is 18.9. The van der Waals surface area contributed by atoms with Gasteiger partial charge >= 0.3 is 6.03 Å². The minimum Gasteiger partial charge on any atom is -0.493 e. The second-order valence-corrected chi connectivity index (χ2v) is 7.93. The number of carbonyl (C=O) groups excluding carboxylic acids is 1. The Kier molecular flexibility index (Phi) is 5.38. The van der Waals surface area contributed by atoms with Gasteiger partial charge in [-0.3, -0.25) is 0 Å². The molecule has 0 bridgehead atoms. The van der Waals surface area contributed by atoms with E-state index in [4.69, 9.17) is 9.47 Å². The number of anilines is 1. The van der Waals surface area contributed by atoms with Gasteiger partial charge in [-0.05, 0) is 36.2 Å². The number of aromatic amines is 1. The molecule has 0 saturated carbocycles. The number of para-hydroxylation sites is 1. The van der Waals surface area contributed by atoms with Gasteiger partial charge in [0, 0.05) is 40.5 Å². The highest BCUT2D eigenvalue weighted by atomic mass is 19.1. The van der Waals surface area contributed by atoms with Crippen molar-refractivity contribution in [3.05, 3.63) is 89.4 Å². The molecule has 6 nitrogen and oxygen atoms in total. The molecule has 0 spiro atoms. The summed E-state index contributed by atoms with van der Waals surface area (Å²) < 4.78 is 25.6. The SMILES string of the molecule is COc1ccc(NC(=O)N2CCc3c([nH]c4ccccc34)C2c2ccccc2F)cc1OC. The van der Waals surface area contributed by atoms with Gasteiger partial charge in [0.1, 0.15) is 11.9 Å². The third kappa shape index (κ3) is 3.65. The summed E-state index contributed by atoms with van der Waals surface area (Å²) in [5.41, 5.74) is 3.95. The van der Waals surface area contributed by atoms with Crippen LogP contribution in [0, 0.1) is 5.82 Å². The molecule has 0 aliphatic carbocycles. The Hall–Kier alpha value is -4.00. The zero-order valence-electron chi connectivity index (χ0n) is 18.4. The summed E-state index contributed by atoms with van der Waals surface area (Å²) in [6.07, 6.45) is 0.670. The summed E-state index contributed by atoms with van der Waals surface area (Å²) in [6.45, 7) is 0.451. The lowest BCUT2D eigenvalue weighted by Crippen LogP contribution is -2.43. The van der Waals surface area contributed by atoms with Gasteiger partial charge in [0.25, 0.3) is 0 Å². The Labute approximate surface area is 190 Å². The van der Waals surface area contributed by atoms with Crippen LogP contribution in [0.4, 0.5) is 14.9 Å². The summed E-state index contributed by atoms with van der Waals surface area (Å²) in [5, 5.41) is 4.04. The number of nitrogens with one attached hydrogen (secondary N) is 2. The van der Waals surface area contributed by atoms with Crippen molar-refractivity contribution in [2.45, 2.75) is 12.5 Å². The molecule has 2 amide bonds. The monoisotopic (exact) mass is 445 g/mol. The lowest BCUT2D eigenvalue weighted by Gasteiger charge is -2.36. The van der Waals surface area contributed by atoms with E-state index in [1.54, 1.807) is 55.5 Å². The van der Waals surface area contributed by atoms with Gasteiger partial charge in [-0.25, -0.2) is 9.18 Å². The quantitative estimate of drug-likeness (QED) is 0.436. The molecule has 33 heavy (non-hydrogen) atoms. The van der Waals surface area contributed by atoms with E-state index in [9.17, 15) is 9.18 Å². The minimum atomic E-state index is -0.581. The van der Waals surface area contributed by atoms with Crippen molar-refractivity contribution in [2.75, 3.05) is 26.1 Å². The van der Waals surface area contributed by atoms with Gasteiger partial charge in [0.05, 0.1) is 14.2 Å². The van der Waals surface area contributed by atoms with Crippen LogP contribution in [0.2, 0.25) is 0 Å². The maximum atomic E-state index is 15.0. The van der Waals surface area contributed by atoms with E-state index >= 15 is 0 Å². The number of fused-ring (bicyclic) bond motifs is 3. The Balaban J connectivity index is 1.55. The molecule has 7 heteroatoms. The molecule has 1 atom stereocenters. The van der Waals surface area contributed by atoms with Crippen molar-refractivity contribution in [1.29, 1.82) is 0 Å². The van der Waals surface area contributed by atoms with Crippen LogP contribution in [0.15, 0.2) is 66.7 Å². The van der Waals surface area contributed by atoms with Crippen LogP contribution >= 0.6 is 0 Å². The van der Waals surface area contributed by atoms with Gasteiger partial charge in [0.2, 0.25) is 0 Å². The molecule has 2 heterocycles. The molecule has 1 aromatic heterocycles. The average molecular weight is 445 g/mol. The summed E-state index contributed by atoms with van der Waals surface area (Å²) in [7, 11) is 3.10. The molecule has 4 aromatic rings. The maximum absolute atomic E-state index is 15.0. The number of carbonyl (C=O) groups is 1. The standard InChI is InChI=1S/C26H24FN3O3/c1-32-22-12-11-16(15-23(22)33-2)28-26(31)30-14-13-18-17-7-4-6-10-21(17)29-24(18)25(30)19-8-3-5-9-20(19)27/h3-12,15,25,29H,13-14H2,1-2H3,(H,28,31). The first-order chi connectivity index (χ1) is 16.1. The molecule has 1 unspecified atom stereocenters. The van der Waals surface area contributed by atoms with Gasteiger partial charge in [-0.15, -0.1) is 0 Å². The molecule has 2 N–H and O–H groups in total. The second-order valence-electron chi connectivity index (χ2n) is 7.93. The number of hydrogen-bond acceptors (Lipinski definition) is 3. The Morgan fingerprint density at radius 2 is 1.79 bits per heavy atom. The minimum absolute atomic E-state index is 0.320. The van der Waals surface area contributed by atoms with E-state index in [1.807, 2.05) is 18.2 Å². The first kappa shape index (κ1) is 20.9. The van der Waals surface area contributed by atoms with Gasteiger partial charge in [0.15, 0.2) is 11.5 Å². The highest BCUT2D eigenvalue weighted by molar-refractivity contribution is 5.92. The number of amides is 2. The maximum Gasteiger partial charge on any atom is 0.322 e. The van der Waals surface area contributed by atoms with Crippen molar-refractivity contribution in [1.82, 2.24) is 9.88 Å². The van der Waals surface area contributed by atoms with Crippen molar-refractivity contribution in [3.8, 4) is 11.5 Å². The van der Waals surface area contributed by atoms with Crippen LogP contribution in [0.3, 0.4) is 0 Å². The zero-order chi connectivity index (χ0) is 22.9. The van der Waals surface area contributed by atoms with Crippen LogP contribution < -0.4 is 14.8 Å². The molecular weight excluding hydrogens is 421 g/mol. The number of nitrogens with zero attached hydrogens (tertiary/aromatic N) is 1. The van der Waals surface area contributed by atoms with E-state index in [-0.39, 0.29) is 11.8 Å². The van der Waals surface area contributed by atoms with Crippen molar-refractivity contribution in [2.24, 2.45) is 0 Å². The number of halogens is 1. The third-order valence-corrected chi connectivity index (χ3v) is 6.13. The molecule has 1 aliphatic rings. The smallest absolute Gasteiger partial charge is 0.322 e. The molecule has 168 valence electrons. The Morgan fingerprint density at radius 1 is 1.03 bits per heavy atom. The third-order valence-electron chi connectivity index (χ3n) is 6.13. The van der Waals surface area contributed by atoms with Crippen LogP contribution in [0.1, 0.15) is 22.9 Å². The van der Waals surface area contributed by atoms with E-state index in [0.29, 0.717) is 35.7 Å². The van der Waals surface area contributed by atoms with Gasteiger partial charge < -0.3 is 24.7 Å². The van der Waals surface area contributed by atoms with Crippen LogP contribution in [-0.4, -0.2) is 36.7 Å². The molecule has 5 rings (SSSR count). The van der Waals surface area contributed by atoms with E-state index in [0.717, 1.165) is 22.2 Å². The van der Waals surface area contributed by atoms with Crippen molar-refractivity contribution < 1.29 is 18.7 Å². The van der Waals surface area contributed by atoms with Gasteiger partial charge in [-0.1, -0.05) is 36.4 Å². The highest BCUT2D eigenvalue weighted by Gasteiger charge is 2.36. The van der Waals surface area contributed by atoms with Crippen molar-refractivity contribution in [3.63, 3.8) is 0 Å². The number of rotatable bonds is 4. The number of methoxy groups -OCH3 is 2. The number of ether oxygens (including phenoxy) is 2. The molecule has 0 radical (unpaired) electrons. The van der Waals surface area contributed by atoms with E-state index in [2.05, 4.69) is 16.4 Å². The average Bonchev–Trinajstić information content (AvgIpc) is 3.22. The highest BCUT2D eigenvalue weighted by Crippen LogP contribution is 2.39. The zero-order valence-corrected chi connectivity index (χ0v) is 18.4. The topological polar surface area (TPSA) is 66.6 Å². The normalized spacial score (nSPS) is 15.2. The van der Waals surface area contributed by atoms with Crippen LogP contribution in [0.5, 0.6) is 11.5 Å². The lowest BCUT2D eigenvalue weighted by atomic mass is 9.92. The van der Waals surface area contributed by atoms with Crippen LogP contribution in [0.25, 0.3) is 10.9 Å². The van der Waals surface area contributed by atoms with E-state index in [1.165, 1.54) is 6.07 Å². The number of urea groups is 1. The molecular formula is C26H24FN3O3. The number of aromatic nitrogens is 1. The number of H-pyrrole nitrogens is 1. The Morgan fingerprint density at radius 3 is 2.58 bits per heavy atom. The summed E-state index contributed by atoms with van der Waals surface area (Å²) in [4.78, 5) is 18.6. The molecule has 0 saturated heterocycles. The summed E-state index contributed by atoms with van der Waals surface area (Å²) >= 11 is 0. The lowest BCUT2D eigenvalue weighted by molar-refractivity contribution is 0.192. The fourth-order valence-corrected chi connectivity index (χ4v) is 4.59. The fraction of sp³-hybridized carbons (Fsp3) is 0.192. The largest absolute Gasteiger partial charge is 0.493 e. The predicted molar refractivity (Wildman–Crippen MR) is 126 cm³/mol. The fourth-order valence-electron chi connectivity index (χ4n) is 4.59. The first-order valence-electron chi connectivity index (χ1n) is 10.7. The number of hydrogen-bond donors (Lipinski definition) is 2. The number of benzene rings is 3. The predicted octanol–water partition coefficient (Wildman–Crippen LogP) is 5.50. The second kappa shape index (κ2) is 8.50. The van der Waals surface area contributed by atoms with Crippen molar-refractivity contribution >= 4 is 22.6 Å². The van der Waals surface area contributed by atoms with Crippen LogP contribution in [-0.2, 0) is 6.42 Å². The Bertz CT molecular complexity index is 1330.